The van der Waals surface area contributed by atoms with E-state index in [1.165, 1.54) is 5.56 Å². The highest BCUT2D eigenvalue weighted by Crippen LogP contribution is 2.35. The van der Waals surface area contributed by atoms with Crippen molar-refractivity contribution < 1.29 is 4.74 Å². The van der Waals surface area contributed by atoms with Crippen molar-refractivity contribution in [3.63, 3.8) is 0 Å². The third-order valence-corrected chi connectivity index (χ3v) is 5.91. The number of fused-ring (bicyclic) bond motifs is 5. The number of hydrogen-bond donors (Lipinski definition) is 3. The Labute approximate surface area is 190 Å². The van der Waals surface area contributed by atoms with E-state index in [9.17, 15) is 0 Å². The first-order chi connectivity index (χ1) is 16.3. The van der Waals surface area contributed by atoms with Crippen molar-refractivity contribution in [2.45, 2.75) is 19.4 Å². The van der Waals surface area contributed by atoms with Crippen LogP contribution in [0.5, 0.6) is 5.75 Å². The number of pyridine rings is 2. The van der Waals surface area contributed by atoms with E-state index in [1.54, 1.807) is 6.20 Å². The number of nitrogens with one attached hydrogen (secondary N) is 3. The Hall–Kier alpha value is -4.20. The van der Waals surface area contributed by atoms with Gasteiger partial charge >= 0.3 is 0 Å². The summed E-state index contributed by atoms with van der Waals surface area (Å²) in [6.07, 6.45) is 9.35. The van der Waals surface area contributed by atoms with Gasteiger partial charge in [-0.15, -0.1) is 0 Å². The number of aromatic amines is 1. The zero-order valence-corrected chi connectivity index (χ0v) is 18.2. The summed E-state index contributed by atoms with van der Waals surface area (Å²) in [5.74, 6) is 2.07. The predicted octanol–water partition coefficient (Wildman–Crippen LogP) is 4.55. The second-order valence-electron chi connectivity index (χ2n) is 8.16. The van der Waals surface area contributed by atoms with E-state index in [0.29, 0.717) is 19.1 Å². The molecule has 0 fully saturated rings. The fourth-order valence-corrected chi connectivity index (χ4v) is 4.27. The lowest BCUT2D eigenvalue weighted by Gasteiger charge is -2.11. The van der Waals surface area contributed by atoms with Gasteiger partial charge in [0.2, 0.25) is 5.95 Å². The summed E-state index contributed by atoms with van der Waals surface area (Å²) in [4.78, 5) is 21.7. The van der Waals surface area contributed by atoms with Gasteiger partial charge in [0.15, 0.2) is 0 Å². The van der Waals surface area contributed by atoms with Gasteiger partial charge in [-0.25, -0.2) is 0 Å². The number of anilines is 2. The standard InChI is InChI=1S/C25H23N7O/c1-26-25-31-23-22-20(14-30-24(22)32-25)17-4-5-21-18(9-17)7-15(11-28-21)3-2-6-33-19-8-16(12-29-23)10-27-13-19/h4-5,7-11,13-14H,2-3,6,12H2,1H3,(H3,26,29,30,31,32). The number of aryl methyl sites for hydroxylation is 1. The van der Waals surface area contributed by atoms with Crippen molar-refractivity contribution in [1.82, 2.24) is 24.9 Å². The summed E-state index contributed by atoms with van der Waals surface area (Å²) in [5, 5.41) is 8.59. The third-order valence-electron chi connectivity index (χ3n) is 5.91. The monoisotopic (exact) mass is 437 g/mol. The molecule has 5 heterocycles. The van der Waals surface area contributed by atoms with Crippen molar-refractivity contribution >= 4 is 33.7 Å². The molecule has 0 amide bonds. The van der Waals surface area contributed by atoms with Gasteiger partial charge in [0, 0.05) is 43.1 Å². The Morgan fingerprint density at radius 2 is 2.00 bits per heavy atom. The molecule has 8 heteroatoms. The molecule has 6 rings (SSSR count). The molecule has 1 aromatic carbocycles. The van der Waals surface area contributed by atoms with Crippen LogP contribution in [0.3, 0.4) is 0 Å². The van der Waals surface area contributed by atoms with Crippen LogP contribution in [-0.4, -0.2) is 38.6 Å². The summed E-state index contributed by atoms with van der Waals surface area (Å²) >= 11 is 0. The highest BCUT2D eigenvalue weighted by molar-refractivity contribution is 6.02. The normalized spacial score (nSPS) is 13.6. The number of H-pyrrole nitrogens is 1. The number of benzene rings is 1. The molecule has 0 aliphatic carbocycles. The number of ether oxygens (including phenoxy) is 1. The van der Waals surface area contributed by atoms with Crippen molar-refractivity contribution in [2.24, 2.45) is 0 Å². The van der Waals surface area contributed by atoms with Crippen LogP contribution in [0.4, 0.5) is 11.8 Å². The molecular formula is C25H23N7O. The third kappa shape index (κ3) is 3.69. The zero-order valence-electron chi connectivity index (χ0n) is 18.2. The minimum Gasteiger partial charge on any atom is -0.492 e. The average molecular weight is 438 g/mol. The summed E-state index contributed by atoms with van der Waals surface area (Å²) in [7, 11) is 1.81. The number of nitrogens with zero attached hydrogens (tertiary/aromatic N) is 4. The lowest BCUT2D eigenvalue weighted by molar-refractivity contribution is 0.309. The maximum atomic E-state index is 5.96. The van der Waals surface area contributed by atoms with Crippen molar-refractivity contribution in [1.29, 1.82) is 0 Å². The second-order valence-corrected chi connectivity index (χ2v) is 8.16. The summed E-state index contributed by atoms with van der Waals surface area (Å²) in [6, 6.07) is 10.6. The molecule has 5 aromatic rings. The molecule has 0 saturated heterocycles. The van der Waals surface area contributed by atoms with Crippen molar-refractivity contribution in [2.75, 3.05) is 24.3 Å². The van der Waals surface area contributed by atoms with Gasteiger partial charge in [0.25, 0.3) is 0 Å². The van der Waals surface area contributed by atoms with Gasteiger partial charge in [-0.05, 0) is 53.8 Å². The Balaban J connectivity index is 1.54. The van der Waals surface area contributed by atoms with Crippen LogP contribution in [0.25, 0.3) is 33.1 Å². The van der Waals surface area contributed by atoms with E-state index in [-0.39, 0.29) is 0 Å². The minimum atomic E-state index is 0.548. The average Bonchev–Trinajstić information content (AvgIpc) is 3.28. The highest BCUT2D eigenvalue weighted by Gasteiger charge is 2.16. The van der Waals surface area contributed by atoms with Gasteiger partial charge < -0.3 is 20.4 Å². The molecule has 0 spiro atoms. The van der Waals surface area contributed by atoms with E-state index in [4.69, 9.17) is 9.72 Å². The molecule has 0 saturated carbocycles. The van der Waals surface area contributed by atoms with Crippen LogP contribution in [0.15, 0.2) is 55.1 Å². The number of hydrogen-bond acceptors (Lipinski definition) is 7. The molecule has 5 bridgehead atoms. The van der Waals surface area contributed by atoms with E-state index < -0.39 is 0 Å². The van der Waals surface area contributed by atoms with Gasteiger partial charge in [-0.3, -0.25) is 9.97 Å². The molecule has 4 aromatic heterocycles. The first-order valence-corrected chi connectivity index (χ1v) is 11.0. The van der Waals surface area contributed by atoms with E-state index >= 15 is 0 Å². The maximum absolute atomic E-state index is 5.96. The molecule has 8 nitrogen and oxygen atoms in total. The summed E-state index contributed by atoms with van der Waals surface area (Å²) < 4.78 is 5.96. The Morgan fingerprint density at radius 1 is 1.03 bits per heavy atom. The molecule has 164 valence electrons. The van der Waals surface area contributed by atoms with Crippen LogP contribution in [0.2, 0.25) is 0 Å². The number of aromatic nitrogens is 5. The topological polar surface area (TPSA) is 101 Å². The van der Waals surface area contributed by atoms with Gasteiger partial charge in [0.1, 0.15) is 17.2 Å². The molecule has 3 N–H and O–H groups in total. The van der Waals surface area contributed by atoms with Crippen LogP contribution in [-0.2, 0) is 13.0 Å². The van der Waals surface area contributed by atoms with Gasteiger partial charge in [0.05, 0.1) is 23.7 Å². The Bertz CT molecular complexity index is 1480. The fourth-order valence-electron chi connectivity index (χ4n) is 4.27. The summed E-state index contributed by atoms with van der Waals surface area (Å²) in [6.45, 7) is 1.19. The van der Waals surface area contributed by atoms with E-state index in [2.05, 4.69) is 54.8 Å². The lowest BCUT2D eigenvalue weighted by atomic mass is 10.0. The van der Waals surface area contributed by atoms with Crippen molar-refractivity contribution in [3.8, 4) is 16.9 Å². The van der Waals surface area contributed by atoms with Crippen LogP contribution in [0.1, 0.15) is 17.5 Å². The van der Waals surface area contributed by atoms with Crippen LogP contribution >= 0.6 is 0 Å². The smallest absolute Gasteiger partial charge is 0.226 e. The Kier molecular flexibility index (Phi) is 4.75. The fraction of sp³-hybridized carbons (Fsp3) is 0.200. The van der Waals surface area contributed by atoms with E-state index in [0.717, 1.165) is 63.0 Å². The largest absolute Gasteiger partial charge is 0.492 e. The molecule has 0 unspecified atom stereocenters. The van der Waals surface area contributed by atoms with Crippen molar-refractivity contribution in [3.05, 3.63) is 66.2 Å². The number of rotatable bonds is 1. The zero-order chi connectivity index (χ0) is 22.2. The van der Waals surface area contributed by atoms with Crippen LogP contribution < -0.4 is 15.4 Å². The van der Waals surface area contributed by atoms with Gasteiger partial charge in [-0.1, -0.05) is 6.07 Å². The predicted molar refractivity (Wildman–Crippen MR) is 130 cm³/mol. The first-order valence-electron chi connectivity index (χ1n) is 11.0. The SMILES string of the molecule is CNc1nc2c3c(c[nH]c3n1)-c1ccc3ncc(cc3c1)CCCOc1cncc(c1)CN2. The van der Waals surface area contributed by atoms with E-state index in [1.807, 2.05) is 31.7 Å². The molecule has 1 aliphatic rings. The highest BCUT2D eigenvalue weighted by atomic mass is 16.5. The van der Waals surface area contributed by atoms with Gasteiger partial charge in [-0.2, -0.15) is 9.97 Å². The lowest BCUT2D eigenvalue weighted by Crippen LogP contribution is -2.06. The molecule has 33 heavy (non-hydrogen) atoms. The first kappa shape index (κ1) is 19.5. The second kappa shape index (κ2) is 8.05. The van der Waals surface area contributed by atoms with Crippen LogP contribution in [0, 0.1) is 0 Å². The Morgan fingerprint density at radius 3 is 2.94 bits per heavy atom. The quantitative estimate of drug-likeness (QED) is 0.354. The molecule has 0 radical (unpaired) electrons. The molecule has 0 atom stereocenters. The maximum Gasteiger partial charge on any atom is 0.226 e. The summed E-state index contributed by atoms with van der Waals surface area (Å²) in [5.41, 5.74) is 6.10. The minimum absolute atomic E-state index is 0.548. The molecular weight excluding hydrogens is 414 g/mol. The molecule has 1 aliphatic heterocycles.